The smallest absolute Gasteiger partial charge is 0.328 e. The molecule has 1 aromatic heterocycles. The second-order valence-electron chi connectivity index (χ2n) is 4.39. The van der Waals surface area contributed by atoms with Gasteiger partial charge < -0.3 is 4.74 Å². The first-order valence-electron chi connectivity index (χ1n) is 6.21. The summed E-state index contributed by atoms with van der Waals surface area (Å²) in [6.45, 7) is 1.40. The number of rotatable bonds is 4. The highest BCUT2D eigenvalue weighted by molar-refractivity contribution is 6.31. The van der Waals surface area contributed by atoms with Crippen LogP contribution in [-0.2, 0) is 16.1 Å². The third-order valence-electron chi connectivity index (χ3n) is 2.85. The summed E-state index contributed by atoms with van der Waals surface area (Å²) in [5.41, 5.74) is -0.500. The standard InChI is InChI=1S/C14H13ClN2O4/c1-9(10-4-2-3-5-11(10)15)21-13(19)8-17-7-6-12(18)16-14(17)20/h2-7,9H,8H2,1H3,(H,16,18,20). The minimum absolute atomic E-state index is 0.287. The highest BCUT2D eigenvalue weighted by atomic mass is 35.5. The van der Waals surface area contributed by atoms with E-state index >= 15 is 0 Å². The Kier molecular flexibility index (Phi) is 4.59. The SMILES string of the molecule is CC(OC(=O)Cn1ccc(=O)[nH]c1=O)c1ccccc1Cl. The Morgan fingerprint density at radius 1 is 1.33 bits per heavy atom. The predicted molar refractivity (Wildman–Crippen MR) is 77.3 cm³/mol. The molecule has 21 heavy (non-hydrogen) atoms. The van der Waals surface area contributed by atoms with Crippen LogP contribution in [0.25, 0.3) is 0 Å². The van der Waals surface area contributed by atoms with Crippen molar-refractivity contribution in [3.63, 3.8) is 0 Å². The summed E-state index contributed by atoms with van der Waals surface area (Å²) in [7, 11) is 0. The van der Waals surface area contributed by atoms with Crippen LogP contribution in [0.5, 0.6) is 0 Å². The topological polar surface area (TPSA) is 81.2 Å². The van der Waals surface area contributed by atoms with Gasteiger partial charge in [0, 0.05) is 22.8 Å². The molecule has 7 heteroatoms. The van der Waals surface area contributed by atoms with Crippen LogP contribution in [0, 0.1) is 0 Å². The van der Waals surface area contributed by atoms with Crippen molar-refractivity contribution in [2.45, 2.75) is 19.6 Å². The van der Waals surface area contributed by atoms with E-state index in [1.807, 2.05) is 0 Å². The van der Waals surface area contributed by atoms with Gasteiger partial charge in [0.1, 0.15) is 12.6 Å². The number of hydrogen-bond donors (Lipinski definition) is 1. The van der Waals surface area contributed by atoms with Gasteiger partial charge in [0.15, 0.2) is 0 Å². The first-order valence-corrected chi connectivity index (χ1v) is 6.59. The molecule has 0 amide bonds. The molecule has 110 valence electrons. The summed E-state index contributed by atoms with van der Waals surface area (Å²) in [6, 6.07) is 8.19. The maximum absolute atomic E-state index is 11.8. The van der Waals surface area contributed by atoms with Crippen molar-refractivity contribution < 1.29 is 9.53 Å². The molecule has 0 spiro atoms. The number of benzene rings is 1. The molecule has 2 rings (SSSR count). The fourth-order valence-electron chi connectivity index (χ4n) is 1.81. The fourth-order valence-corrected chi connectivity index (χ4v) is 2.10. The van der Waals surface area contributed by atoms with E-state index < -0.39 is 23.3 Å². The summed E-state index contributed by atoms with van der Waals surface area (Å²) >= 11 is 6.02. The van der Waals surface area contributed by atoms with E-state index in [-0.39, 0.29) is 6.54 Å². The van der Waals surface area contributed by atoms with E-state index in [0.29, 0.717) is 10.6 Å². The van der Waals surface area contributed by atoms with Gasteiger partial charge in [-0.05, 0) is 13.0 Å². The van der Waals surface area contributed by atoms with Gasteiger partial charge in [-0.15, -0.1) is 0 Å². The monoisotopic (exact) mass is 308 g/mol. The number of carbonyl (C=O) groups excluding carboxylic acids is 1. The van der Waals surface area contributed by atoms with Gasteiger partial charge in [0.2, 0.25) is 0 Å². The summed E-state index contributed by atoms with van der Waals surface area (Å²) in [6.07, 6.45) is 0.701. The second kappa shape index (κ2) is 6.41. The van der Waals surface area contributed by atoms with E-state index in [9.17, 15) is 14.4 Å². The van der Waals surface area contributed by atoms with Crippen LogP contribution in [0.4, 0.5) is 0 Å². The third-order valence-corrected chi connectivity index (χ3v) is 3.19. The molecule has 0 bridgehead atoms. The molecule has 1 heterocycles. The number of halogens is 1. The molecular formula is C14H13ClN2O4. The number of H-pyrrole nitrogens is 1. The molecule has 1 N–H and O–H groups in total. The lowest BCUT2D eigenvalue weighted by Crippen LogP contribution is -2.31. The zero-order chi connectivity index (χ0) is 15.4. The highest BCUT2D eigenvalue weighted by Gasteiger charge is 2.15. The fraction of sp³-hybridized carbons (Fsp3) is 0.214. The number of ether oxygens (including phenoxy) is 1. The van der Waals surface area contributed by atoms with Crippen molar-refractivity contribution in [3.05, 3.63) is 68.0 Å². The van der Waals surface area contributed by atoms with E-state index in [1.54, 1.807) is 31.2 Å². The molecule has 0 radical (unpaired) electrons. The van der Waals surface area contributed by atoms with Crippen molar-refractivity contribution in [1.82, 2.24) is 9.55 Å². The van der Waals surface area contributed by atoms with Crippen LogP contribution in [0.1, 0.15) is 18.6 Å². The maximum atomic E-state index is 11.8. The number of carbonyl (C=O) groups is 1. The molecule has 0 aliphatic rings. The summed E-state index contributed by atoms with van der Waals surface area (Å²) < 4.78 is 6.29. The largest absolute Gasteiger partial charge is 0.456 e. The van der Waals surface area contributed by atoms with Crippen molar-refractivity contribution in [3.8, 4) is 0 Å². The van der Waals surface area contributed by atoms with Gasteiger partial charge in [-0.25, -0.2) is 4.79 Å². The molecule has 0 aliphatic heterocycles. The van der Waals surface area contributed by atoms with Crippen molar-refractivity contribution in [2.75, 3.05) is 0 Å². The van der Waals surface area contributed by atoms with Crippen molar-refractivity contribution in [1.29, 1.82) is 0 Å². The minimum atomic E-state index is -0.662. The molecule has 0 saturated carbocycles. The summed E-state index contributed by atoms with van der Waals surface area (Å²) in [5, 5.41) is 0.499. The normalized spacial score (nSPS) is 11.9. The van der Waals surface area contributed by atoms with E-state index in [4.69, 9.17) is 16.3 Å². The Morgan fingerprint density at radius 2 is 2.05 bits per heavy atom. The van der Waals surface area contributed by atoms with Crippen LogP contribution in [0.3, 0.4) is 0 Å². The molecule has 0 saturated heterocycles. The number of hydrogen-bond acceptors (Lipinski definition) is 4. The minimum Gasteiger partial charge on any atom is -0.456 e. The Balaban J connectivity index is 2.07. The summed E-state index contributed by atoms with van der Waals surface area (Å²) in [5.74, 6) is -0.600. The molecule has 6 nitrogen and oxygen atoms in total. The highest BCUT2D eigenvalue weighted by Crippen LogP contribution is 2.24. The molecular weight excluding hydrogens is 296 g/mol. The number of nitrogens with one attached hydrogen (secondary N) is 1. The van der Waals surface area contributed by atoms with Gasteiger partial charge >= 0.3 is 11.7 Å². The molecule has 1 unspecified atom stereocenters. The Morgan fingerprint density at radius 3 is 2.71 bits per heavy atom. The first kappa shape index (κ1) is 15.1. The van der Waals surface area contributed by atoms with Crippen LogP contribution in [0.2, 0.25) is 5.02 Å². The zero-order valence-corrected chi connectivity index (χ0v) is 12.0. The lowest BCUT2D eigenvalue weighted by atomic mass is 10.1. The summed E-state index contributed by atoms with van der Waals surface area (Å²) in [4.78, 5) is 36.3. The Bertz CT molecular complexity index is 766. The lowest BCUT2D eigenvalue weighted by Gasteiger charge is -2.15. The van der Waals surface area contributed by atoms with E-state index in [0.717, 1.165) is 10.6 Å². The quantitative estimate of drug-likeness (QED) is 0.868. The van der Waals surface area contributed by atoms with Crippen LogP contribution >= 0.6 is 11.6 Å². The number of aromatic nitrogens is 2. The molecule has 2 aromatic rings. The average molecular weight is 309 g/mol. The number of esters is 1. The third kappa shape index (κ3) is 3.82. The molecule has 0 aliphatic carbocycles. The predicted octanol–water partition coefficient (Wildman–Crippen LogP) is 1.49. The zero-order valence-electron chi connectivity index (χ0n) is 11.2. The van der Waals surface area contributed by atoms with Gasteiger partial charge in [-0.1, -0.05) is 29.8 Å². The van der Waals surface area contributed by atoms with Gasteiger partial charge in [0.05, 0.1) is 0 Å². The molecule has 0 fully saturated rings. The van der Waals surface area contributed by atoms with Crippen LogP contribution in [-0.4, -0.2) is 15.5 Å². The molecule has 1 aromatic carbocycles. The van der Waals surface area contributed by atoms with Crippen molar-refractivity contribution >= 4 is 17.6 Å². The van der Waals surface area contributed by atoms with Gasteiger partial charge in [-0.3, -0.25) is 19.1 Å². The van der Waals surface area contributed by atoms with Gasteiger partial charge in [-0.2, -0.15) is 0 Å². The van der Waals surface area contributed by atoms with E-state index in [2.05, 4.69) is 4.98 Å². The molecule has 1 atom stereocenters. The Labute approximate surface area is 124 Å². The average Bonchev–Trinajstić information content (AvgIpc) is 2.42. The lowest BCUT2D eigenvalue weighted by molar-refractivity contribution is -0.149. The number of aromatic amines is 1. The number of nitrogens with zero attached hydrogens (tertiary/aromatic N) is 1. The van der Waals surface area contributed by atoms with Gasteiger partial charge in [0.25, 0.3) is 5.56 Å². The van der Waals surface area contributed by atoms with E-state index in [1.165, 1.54) is 6.20 Å². The van der Waals surface area contributed by atoms with Crippen LogP contribution in [0.15, 0.2) is 46.1 Å². The first-order chi connectivity index (χ1) is 9.97. The Hall–Kier alpha value is -2.34. The van der Waals surface area contributed by atoms with Crippen LogP contribution < -0.4 is 11.2 Å². The maximum Gasteiger partial charge on any atom is 0.328 e. The van der Waals surface area contributed by atoms with Crippen molar-refractivity contribution in [2.24, 2.45) is 0 Å². The second-order valence-corrected chi connectivity index (χ2v) is 4.80.